The first-order valence-electron chi connectivity index (χ1n) is 8.19. The molecule has 6 heteroatoms. The summed E-state index contributed by atoms with van der Waals surface area (Å²) < 4.78 is 1.82. The quantitative estimate of drug-likeness (QED) is 0.701. The van der Waals surface area contributed by atoms with Gasteiger partial charge in [-0.2, -0.15) is 10.1 Å². The zero-order valence-corrected chi connectivity index (χ0v) is 14.5. The average Bonchev–Trinajstić information content (AvgIpc) is 3.11. The van der Waals surface area contributed by atoms with Gasteiger partial charge in [0.1, 0.15) is 6.33 Å². The summed E-state index contributed by atoms with van der Waals surface area (Å²) in [7, 11) is 0. The van der Waals surface area contributed by atoms with E-state index < -0.39 is 0 Å². The molecule has 0 saturated carbocycles. The van der Waals surface area contributed by atoms with Gasteiger partial charge in [-0.1, -0.05) is 54.1 Å². The molecule has 0 spiro atoms. The molecule has 1 aliphatic heterocycles. The molecule has 4 rings (SSSR count). The smallest absolute Gasteiger partial charge is 0.262 e. The standard InChI is InChI=1S/C19H17ClN4O/c1-13-11-17(14-7-3-2-4-8-14)24-19(21-12-22-24)23(13)18(25)15-9-5-6-10-16(15)20/h2-10,12-13,17H,11H2,1H3/t13-,17+/m1/s1. The Hall–Kier alpha value is -2.66. The third-order valence-corrected chi connectivity index (χ3v) is 4.91. The highest BCUT2D eigenvalue weighted by Crippen LogP contribution is 2.35. The molecule has 0 radical (unpaired) electrons. The second-order valence-electron chi connectivity index (χ2n) is 6.17. The average molecular weight is 353 g/mol. The predicted octanol–water partition coefficient (Wildman–Crippen LogP) is 3.96. The molecule has 3 aromatic rings. The minimum absolute atomic E-state index is 0.0225. The number of amides is 1. The number of rotatable bonds is 2. The molecule has 1 aromatic heterocycles. The Kier molecular flexibility index (Phi) is 4.01. The van der Waals surface area contributed by atoms with Crippen LogP contribution in [0.4, 0.5) is 5.95 Å². The zero-order valence-electron chi connectivity index (χ0n) is 13.7. The lowest BCUT2D eigenvalue weighted by atomic mass is 9.97. The number of hydrogen-bond donors (Lipinski definition) is 0. The van der Waals surface area contributed by atoms with Gasteiger partial charge in [0.2, 0.25) is 5.95 Å². The van der Waals surface area contributed by atoms with E-state index in [1.165, 1.54) is 6.33 Å². The van der Waals surface area contributed by atoms with Crippen LogP contribution in [0.5, 0.6) is 0 Å². The molecular weight excluding hydrogens is 336 g/mol. The van der Waals surface area contributed by atoms with Gasteiger partial charge in [0.15, 0.2) is 0 Å². The SMILES string of the molecule is C[C@@H]1C[C@@H](c2ccccc2)n2ncnc2N1C(=O)c1ccccc1Cl. The van der Waals surface area contributed by atoms with Gasteiger partial charge in [-0.25, -0.2) is 4.68 Å². The lowest BCUT2D eigenvalue weighted by molar-refractivity contribution is 0.0966. The van der Waals surface area contributed by atoms with E-state index in [9.17, 15) is 4.79 Å². The summed E-state index contributed by atoms with van der Waals surface area (Å²) in [4.78, 5) is 19.1. The molecule has 1 amide bonds. The Morgan fingerprint density at radius 2 is 1.84 bits per heavy atom. The maximum Gasteiger partial charge on any atom is 0.262 e. The van der Waals surface area contributed by atoms with E-state index in [2.05, 4.69) is 22.2 Å². The first kappa shape index (κ1) is 15.8. The summed E-state index contributed by atoms with van der Waals surface area (Å²) in [5.41, 5.74) is 1.63. The number of halogens is 1. The van der Waals surface area contributed by atoms with Crippen LogP contribution in [0, 0.1) is 0 Å². The topological polar surface area (TPSA) is 51.0 Å². The maximum absolute atomic E-state index is 13.1. The molecule has 0 N–H and O–H groups in total. The number of fused-ring (bicyclic) bond motifs is 1. The van der Waals surface area contributed by atoms with E-state index in [0.717, 1.165) is 12.0 Å². The first-order valence-corrected chi connectivity index (χ1v) is 8.57. The molecule has 0 saturated heterocycles. The van der Waals surface area contributed by atoms with E-state index in [-0.39, 0.29) is 18.0 Å². The van der Waals surface area contributed by atoms with Gasteiger partial charge in [0.05, 0.1) is 16.6 Å². The fourth-order valence-electron chi connectivity index (χ4n) is 3.37. The van der Waals surface area contributed by atoms with Crippen molar-refractivity contribution in [1.82, 2.24) is 14.8 Å². The summed E-state index contributed by atoms with van der Waals surface area (Å²) in [5, 5.41) is 4.82. The monoisotopic (exact) mass is 352 g/mol. The molecule has 0 unspecified atom stereocenters. The normalized spacial score (nSPS) is 19.5. The minimum Gasteiger partial charge on any atom is -0.274 e. The number of benzene rings is 2. The highest BCUT2D eigenvalue weighted by atomic mass is 35.5. The lowest BCUT2D eigenvalue weighted by Gasteiger charge is -2.37. The third kappa shape index (κ3) is 2.70. The number of anilines is 1. The minimum atomic E-state index is -0.154. The van der Waals surface area contributed by atoms with Crippen LogP contribution in [0.2, 0.25) is 5.02 Å². The van der Waals surface area contributed by atoms with Gasteiger partial charge in [0, 0.05) is 6.04 Å². The van der Waals surface area contributed by atoms with Crippen molar-refractivity contribution >= 4 is 23.5 Å². The van der Waals surface area contributed by atoms with Crippen molar-refractivity contribution in [3.8, 4) is 0 Å². The Bertz CT molecular complexity index is 909. The number of nitrogens with zero attached hydrogens (tertiary/aromatic N) is 4. The summed E-state index contributed by atoms with van der Waals surface area (Å²) in [6.07, 6.45) is 2.26. The van der Waals surface area contributed by atoms with Crippen molar-refractivity contribution in [2.24, 2.45) is 0 Å². The Morgan fingerprint density at radius 3 is 2.60 bits per heavy atom. The molecule has 2 aromatic carbocycles. The second-order valence-corrected chi connectivity index (χ2v) is 6.58. The molecule has 0 aliphatic carbocycles. The lowest BCUT2D eigenvalue weighted by Crippen LogP contribution is -2.46. The van der Waals surface area contributed by atoms with Crippen LogP contribution in [0.1, 0.15) is 35.3 Å². The fraction of sp³-hybridized carbons (Fsp3) is 0.211. The van der Waals surface area contributed by atoms with Gasteiger partial charge in [-0.3, -0.25) is 9.69 Å². The Morgan fingerprint density at radius 1 is 1.12 bits per heavy atom. The van der Waals surface area contributed by atoms with Crippen molar-refractivity contribution in [2.75, 3.05) is 4.90 Å². The van der Waals surface area contributed by atoms with Crippen LogP contribution in [0.3, 0.4) is 0 Å². The summed E-state index contributed by atoms with van der Waals surface area (Å²) in [6.45, 7) is 2.03. The number of carbonyl (C=O) groups excluding carboxylic acids is 1. The third-order valence-electron chi connectivity index (χ3n) is 4.58. The summed E-state index contributed by atoms with van der Waals surface area (Å²) in [6, 6.07) is 17.3. The molecular formula is C19H17ClN4O. The Balaban J connectivity index is 1.76. The van der Waals surface area contributed by atoms with Gasteiger partial charge < -0.3 is 0 Å². The van der Waals surface area contributed by atoms with E-state index in [0.29, 0.717) is 16.5 Å². The largest absolute Gasteiger partial charge is 0.274 e. The van der Waals surface area contributed by atoms with Crippen LogP contribution in [0.15, 0.2) is 60.9 Å². The number of aromatic nitrogens is 3. The molecule has 2 atom stereocenters. The van der Waals surface area contributed by atoms with E-state index in [1.807, 2.05) is 41.9 Å². The molecule has 5 nitrogen and oxygen atoms in total. The van der Waals surface area contributed by atoms with Crippen molar-refractivity contribution in [2.45, 2.75) is 25.4 Å². The van der Waals surface area contributed by atoms with Crippen LogP contribution < -0.4 is 4.90 Å². The van der Waals surface area contributed by atoms with E-state index in [1.54, 1.807) is 17.0 Å². The van der Waals surface area contributed by atoms with Crippen LogP contribution in [0.25, 0.3) is 0 Å². The van der Waals surface area contributed by atoms with Crippen LogP contribution in [-0.2, 0) is 0 Å². The van der Waals surface area contributed by atoms with Crippen molar-refractivity contribution in [1.29, 1.82) is 0 Å². The Labute approximate surface area is 150 Å². The highest BCUT2D eigenvalue weighted by Gasteiger charge is 2.37. The predicted molar refractivity (Wildman–Crippen MR) is 96.9 cm³/mol. The van der Waals surface area contributed by atoms with E-state index >= 15 is 0 Å². The first-order chi connectivity index (χ1) is 12.2. The zero-order chi connectivity index (χ0) is 17.4. The molecule has 0 bridgehead atoms. The van der Waals surface area contributed by atoms with Crippen LogP contribution in [-0.4, -0.2) is 26.7 Å². The highest BCUT2D eigenvalue weighted by molar-refractivity contribution is 6.34. The second kappa shape index (κ2) is 6.33. The van der Waals surface area contributed by atoms with Gasteiger partial charge in [-0.05, 0) is 31.0 Å². The fourth-order valence-corrected chi connectivity index (χ4v) is 3.59. The molecule has 25 heavy (non-hydrogen) atoms. The van der Waals surface area contributed by atoms with E-state index in [4.69, 9.17) is 11.6 Å². The van der Waals surface area contributed by atoms with Crippen LogP contribution >= 0.6 is 11.6 Å². The molecule has 1 aliphatic rings. The van der Waals surface area contributed by atoms with Gasteiger partial charge in [0.25, 0.3) is 5.91 Å². The summed E-state index contributed by atoms with van der Waals surface area (Å²) >= 11 is 6.22. The molecule has 0 fully saturated rings. The molecule has 2 heterocycles. The van der Waals surface area contributed by atoms with Crippen molar-refractivity contribution in [3.63, 3.8) is 0 Å². The number of hydrogen-bond acceptors (Lipinski definition) is 3. The maximum atomic E-state index is 13.1. The molecule has 126 valence electrons. The summed E-state index contributed by atoms with van der Waals surface area (Å²) in [5.74, 6) is 0.399. The van der Waals surface area contributed by atoms with Gasteiger partial charge in [-0.15, -0.1) is 0 Å². The number of carbonyl (C=O) groups is 1. The van der Waals surface area contributed by atoms with Crippen molar-refractivity contribution in [3.05, 3.63) is 77.1 Å². The van der Waals surface area contributed by atoms with Crippen molar-refractivity contribution < 1.29 is 4.79 Å². The van der Waals surface area contributed by atoms with Gasteiger partial charge >= 0.3 is 0 Å².